The van der Waals surface area contributed by atoms with E-state index in [9.17, 15) is 4.79 Å². The van der Waals surface area contributed by atoms with Gasteiger partial charge in [0.15, 0.2) is 6.61 Å². The van der Waals surface area contributed by atoms with Crippen molar-refractivity contribution in [2.24, 2.45) is 7.05 Å². The second kappa shape index (κ2) is 4.45. The second-order valence-electron chi connectivity index (χ2n) is 3.83. The molecule has 0 aliphatic carbocycles. The Morgan fingerprint density at radius 2 is 2.29 bits per heavy atom. The van der Waals surface area contributed by atoms with Crippen LogP contribution in [0.4, 0.5) is 0 Å². The van der Waals surface area contributed by atoms with E-state index < -0.39 is 0 Å². The largest absolute Gasteiger partial charge is 0.451 e. The van der Waals surface area contributed by atoms with Crippen LogP contribution in [0.25, 0.3) is 0 Å². The lowest BCUT2D eigenvalue weighted by atomic mass is 10.4. The molecule has 0 spiro atoms. The molecule has 0 aromatic carbocycles. The van der Waals surface area contributed by atoms with Crippen LogP contribution in [0.15, 0.2) is 22.7 Å². The third kappa shape index (κ3) is 2.38. The molecule has 0 bridgehead atoms. The number of nitrogens with zero attached hydrogens (tertiary/aromatic N) is 2. The molecule has 0 aliphatic rings. The van der Waals surface area contributed by atoms with Gasteiger partial charge >= 0.3 is 5.97 Å². The topological polar surface area (TPSA) is 57.3 Å². The molecule has 17 heavy (non-hydrogen) atoms. The highest BCUT2D eigenvalue weighted by Gasteiger charge is 2.12. The molecule has 2 heterocycles. The molecule has 0 fully saturated rings. The van der Waals surface area contributed by atoms with E-state index in [0.29, 0.717) is 11.6 Å². The predicted molar refractivity (Wildman–Crippen MR) is 60.5 cm³/mol. The smallest absolute Gasteiger partial charge is 0.355 e. The molecule has 0 unspecified atom stereocenters. The van der Waals surface area contributed by atoms with Crippen molar-refractivity contribution in [3.05, 3.63) is 41.4 Å². The summed E-state index contributed by atoms with van der Waals surface area (Å²) < 4.78 is 12.1. The number of aryl methyl sites for hydroxylation is 3. The maximum atomic E-state index is 11.7. The first-order chi connectivity index (χ1) is 8.08. The summed E-state index contributed by atoms with van der Waals surface area (Å²) in [6.07, 6.45) is 1.79. The monoisotopic (exact) mass is 234 g/mol. The fourth-order valence-electron chi connectivity index (χ4n) is 1.48. The molecular formula is C12H14N2O3. The average molecular weight is 234 g/mol. The predicted octanol–water partition coefficient (Wildman–Crippen LogP) is 1.99. The van der Waals surface area contributed by atoms with E-state index in [2.05, 4.69) is 4.98 Å². The first-order valence-corrected chi connectivity index (χ1v) is 5.29. The summed E-state index contributed by atoms with van der Waals surface area (Å²) in [5.74, 6) is 0.781. The van der Waals surface area contributed by atoms with E-state index >= 15 is 0 Å². The molecule has 0 amide bonds. The van der Waals surface area contributed by atoms with Crippen LogP contribution < -0.4 is 0 Å². The summed E-state index contributed by atoms with van der Waals surface area (Å²) in [4.78, 5) is 15.8. The number of aromatic nitrogens is 2. The van der Waals surface area contributed by atoms with Crippen molar-refractivity contribution >= 4 is 5.97 Å². The van der Waals surface area contributed by atoms with Crippen LogP contribution in [0.5, 0.6) is 0 Å². The minimum atomic E-state index is -0.383. The molecule has 5 nitrogen and oxygen atoms in total. The van der Waals surface area contributed by atoms with Gasteiger partial charge in [-0.15, -0.1) is 0 Å². The highest BCUT2D eigenvalue weighted by atomic mass is 16.5. The zero-order valence-electron chi connectivity index (χ0n) is 10.1. The molecule has 0 saturated carbocycles. The standard InChI is InChI=1S/C12H14N2O3/c1-8-9(2)17-11(13-8)7-16-12(15)10-5-4-6-14(10)3/h4-6H,7H2,1-3H3. The quantitative estimate of drug-likeness (QED) is 0.762. The Hall–Kier alpha value is -2.04. The first kappa shape index (κ1) is 11.4. The van der Waals surface area contributed by atoms with Gasteiger partial charge in [-0.25, -0.2) is 9.78 Å². The Bertz CT molecular complexity index is 520. The van der Waals surface area contributed by atoms with Crippen molar-refractivity contribution in [1.29, 1.82) is 0 Å². The Balaban J connectivity index is 1.99. The van der Waals surface area contributed by atoms with Crippen molar-refractivity contribution in [2.75, 3.05) is 0 Å². The van der Waals surface area contributed by atoms with Gasteiger partial charge in [-0.05, 0) is 26.0 Å². The lowest BCUT2D eigenvalue weighted by Crippen LogP contribution is -2.09. The minimum absolute atomic E-state index is 0.0543. The molecular weight excluding hydrogens is 220 g/mol. The van der Waals surface area contributed by atoms with Crippen molar-refractivity contribution < 1.29 is 13.9 Å². The molecule has 0 radical (unpaired) electrons. The summed E-state index contributed by atoms with van der Waals surface area (Å²) >= 11 is 0. The third-order valence-electron chi connectivity index (χ3n) is 2.55. The average Bonchev–Trinajstić information content (AvgIpc) is 2.83. The molecule has 2 aromatic rings. The van der Waals surface area contributed by atoms with Gasteiger partial charge in [-0.2, -0.15) is 0 Å². The van der Waals surface area contributed by atoms with Gasteiger partial charge < -0.3 is 13.7 Å². The van der Waals surface area contributed by atoms with E-state index in [4.69, 9.17) is 9.15 Å². The molecule has 0 aliphatic heterocycles. The number of carbonyl (C=O) groups excluding carboxylic acids is 1. The fourth-order valence-corrected chi connectivity index (χ4v) is 1.48. The van der Waals surface area contributed by atoms with Crippen LogP contribution in [0.3, 0.4) is 0 Å². The van der Waals surface area contributed by atoms with Gasteiger partial charge in [-0.1, -0.05) is 0 Å². The molecule has 0 N–H and O–H groups in total. The Morgan fingerprint density at radius 3 is 2.82 bits per heavy atom. The molecule has 90 valence electrons. The number of hydrogen-bond donors (Lipinski definition) is 0. The summed E-state index contributed by atoms with van der Waals surface area (Å²) in [5, 5.41) is 0. The van der Waals surface area contributed by atoms with E-state index in [-0.39, 0.29) is 12.6 Å². The molecule has 2 rings (SSSR count). The van der Waals surface area contributed by atoms with E-state index in [1.54, 1.807) is 29.9 Å². The van der Waals surface area contributed by atoms with Crippen LogP contribution in [0.1, 0.15) is 27.8 Å². The van der Waals surface area contributed by atoms with E-state index in [1.165, 1.54) is 0 Å². The van der Waals surface area contributed by atoms with Gasteiger partial charge in [0.1, 0.15) is 11.5 Å². The van der Waals surface area contributed by atoms with Crippen LogP contribution in [-0.4, -0.2) is 15.5 Å². The van der Waals surface area contributed by atoms with Crippen molar-refractivity contribution in [1.82, 2.24) is 9.55 Å². The second-order valence-corrected chi connectivity index (χ2v) is 3.83. The summed E-state index contributed by atoms with van der Waals surface area (Å²) in [5.41, 5.74) is 1.32. The molecule has 2 aromatic heterocycles. The van der Waals surface area contributed by atoms with Crippen molar-refractivity contribution in [3.8, 4) is 0 Å². The Kier molecular flexibility index (Phi) is 2.99. The van der Waals surface area contributed by atoms with E-state index in [1.807, 2.05) is 13.8 Å². The Morgan fingerprint density at radius 1 is 1.53 bits per heavy atom. The van der Waals surface area contributed by atoms with Gasteiger partial charge in [0.05, 0.1) is 5.69 Å². The maximum absolute atomic E-state index is 11.7. The lowest BCUT2D eigenvalue weighted by Gasteiger charge is -2.02. The summed E-state index contributed by atoms with van der Waals surface area (Å²) in [6, 6.07) is 3.49. The number of rotatable bonds is 3. The molecule has 5 heteroatoms. The van der Waals surface area contributed by atoms with Crippen molar-refractivity contribution in [3.63, 3.8) is 0 Å². The number of carbonyl (C=O) groups is 1. The Labute approximate surface area is 99.0 Å². The van der Waals surface area contributed by atoms with Gasteiger partial charge in [0, 0.05) is 13.2 Å². The van der Waals surface area contributed by atoms with Crippen molar-refractivity contribution in [2.45, 2.75) is 20.5 Å². The fraction of sp³-hybridized carbons (Fsp3) is 0.333. The molecule has 0 atom stereocenters. The van der Waals surface area contributed by atoms with Crippen LogP contribution in [0, 0.1) is 13.8 Å². The SMILES string of the molecule is Cc1nc(COC(=O)c2cccn2C)oc1C. The van der Waals surface area contributed by atoms with E-state index in [0.717, 1.165) is 11.5 Å². The van der Waals surface area contributed by atoms with Crippen LogP contribution >= 0.6 is 0 Å². The van der Waals surface area contributed by atoms with Crippen LogP contribution in [-0.2, 0) is 18.4 Å². The number of oxazole rings is 1. The van der Waals surface area contributed by atoms with Gasteiger partial charge in [-0.3, -0.25) is 0 Å². The lowest BCUT2D eigenvalue weighted by molar-refractivity contribution is 0.0426. The van der Waals surface area contributed by atoms with Crippen LogP contribution in [0.2, 0.25) is 0 Å². The van der Waals surface area contributed by atoms with Gasteiger partial charge in [0.2, 0.25) is 5.89 Å². The zero-order chi connectivity index (χ0) is 12.4. The van der Waals surface area contributed by atoms with Gasteiger partial charge in [0.25, 0.3) is 0 Å². The number of ether oxygens (including phenoxy) is 1. The highest BCUT2D eigenvalue weighted by molar-refractivity contribution is 5.87. The summed E-state index contributed by atoms with van der Waals surface area (Å²) in [7, 11) is 1.79. The third-order valence-corrected chi connectivity index (χ3v) is 2.55. The normalized spacial score (nSPS) is 10.5. The highest BCUT2D eigenvalue weighted by Crippen LogP contribution is 2.10. The minimum Gasteiger partial charge on any atom is -0.451 e. The summed E-state index contributed by atoms with van der Waals surface area (Å²) in [6.45, 7) is 3.73. The zero-order valence-corrected chi connectivity index (χ0v) is 10.1. The number of hydrogen-bond acceptors (Lipinski definition) is 4. The number of esters is 1. The first-order valence-electron chi connectivity index (χ1n) is 5.29. The molecule has 0 saturated heterocycles. The maximum Gasteiger partial charge on any atom is 0.355 e.